The summed E-state index contributed by atoms with van der Waals surface area (Å²) in [6.07, 6.45) is 3.76. The van der Waals surface area contributed by atoms with Gasteiger partial charge in [-0.1, -0.05) is 30.3 Å². The molecule has 1 aromatic carbocycles. The highest BCUT2D eigenvalue weighted by atomic mass is 19.1. The molecule has 3 atom stereocenters. The predicted molar refractivity (Wildman–Crippen MR) is 128 cm³/mol. The van der Waals surface area contributed by atoms with Gasteiger partial charge in [0.2, 0.25) is 0 Å². The van der Waals surface area contributed by atoms with Gasteiger partial charge in [0.25, 0.3) is 0 Å². The number of halogens is 1. The second kappa shape index (κ2) is 10.8. The fraction of sp³-hybridized carbons (Fsp3) is 0.520. The number of benzene rings is 1. The number of hydrogen-bond acceptors (Lipinski definition) is 4. The van der Waals surface area contributed by atoms with Crippen molar-refractivity contribution < 1.29 is 4.39 Å². The van der Waals surface area contributed by atoms with Gasteiger partial charge in [-0.05, 0) is 50.3 Å². The van der Waals surface area contributed by atoms with E-state index in [-0.39, 0.29) is 11.9 Å². The normalized spacial score (nSPS) is 24.2. The van der Waals surface area contributed by atoms with E-state index in [0.717, 1.165) is 51.6 Å². The van der Waals surface area contributed by atoms with Crippen LogP contribution in [0.1, 0.15) is 32.3 Å². The summed E-state index contributed by atoms with van der Waals surface area (Å²) >= 11 is 0. The Morgan fingerprint density at radius 1 is 1.19 bits per heavy atom. The first-order valence-corrected chi connectivity index (χ1v) is 11.8. The first kappa shape index (κ1) is 22.5. The lowest BCUT2D eigenvalue weighted by atomic mass is 10.1. The Labute approximate surface area is 190 Å². The predicted octanol–water partition coefficient (Wildman–Crippen LogP) is 3.27. The van der Waals surface area contributed by atoms with Crippen molar-refractivity contribution in [1.82, 2.24) is 20.5 Å². The fourth-order valence-electron chi connectivity index (χ4n) is 4.80. The molecule has 2 N–H and O–H groups in total. The van der Waals surface area contributed by atoms with Gasteiger partial charge in [-0.25, -0.2) is 9.37 Å². The standard InChI is InChI=1S/C25H35FN6/c1-3-27-25(30-22-11-13-31(18-22)24-23(26)10-7-12-28-24)29-15-21-14-19(2)32(17-21)16-20-8-5-4-6-9-20/h4-10,12,19,21-22H,3,11,13-18H2,1-2H3,(H2,27,29,30). The van der Waals surface area contributed by atoms with Gasteiger partial charge >= 0.3 is 0 Å². The molecule has 32 heavy (non-hydrogen) atoms. The van der Waals surface area contributed by atoms with E-state index in [0.29, 0.717) is 17.8 Å². The van der Waals surface area contributed by atoms with Crippen molar-refractivity contribution in [2.24, 2.45) is 10.9 Å². The van der Waals surface area contributed by atoms with Crippen molar-refractivity contribution in [3.63, 3.8) is 0 Å². The summed E-state index contributed by atoms with van der Waals surface area (Å²) in [5.74, 6) is 1.60. The van der Waals surface area contributed by atoms with Gasteiger partial charge in [-0.15, -0.1) is 0 Å². The average Bonchev–Trinajstić information content (AvgIpc) is 3.40. The van der Waals surface area contributed by atoms with Crippen LogP contribution in [-0.2, 0) is 6.54 Å². The molecule has 3 unspecified atom stereocenters. The number of likely N-dealkylation sites (tertiary alicyclic amines) is 1. The third-order valence-corrected chi connectivity index (χ3v) is 6.44. The lowest BCUT2D eigenvalue weighted by Gasteiger charge is -2.21. The van der Waals surface area contributed by atoms with E-state index in [1.54, 1.807) is 12.3 Å². The molecular formula is C25H35FN6. The molecule has 4 rings (SSSR count). The number of anilines is 1. The van der Waals surface area contributed by atoms with Gasteiger partial charge in [-0.2, -0.15) is 0 Å². The minimum Gasteiger partial charge on any atom is -0.357 e. The van der Waals surface area contributed by atoms with Crippen LogP contribution < -0.4 is 15.5 Å². The molecule has 1 aromatic heterocycles. The molecule has 0 radical (unpaired) electrons. The maximum Gasteiger partial charge on any atom is 0.191 e. The molecule has 0 bridgehead atoms. The van der Waals surface area contributed by atoms with Crippen LogP contribution in [0.25, 0.3) is 0 Å². The number of aromatic nitrogens is 1. The van der Waals surface area contributed by atoms with E-state index >= 15 is 0 Å². The largest absolute Gasteiger partial charge is 0.357 e. The number of guanidine groups is 1. The van der Waals surface area contributed by atoms with Crippen molar-refractivity contribution >= 4 is 11.8 Å². The van der Waals surface area contributed by atoms with E-state index in [1.807, 2.05) is 4.90 Å². The van der Waals surface area contributed by atoms with E-state index in [2.05, 4.69) is 64.7 Å². The summed E-state index contributed by atoms with van der Waals surface area (Å²) in [5, 5.41) is 6.93. The number of aliphatic imine (C=N–C) groups is 1. The molecule has 0 aliphatic carbocycles. The Bertz CT molecular complexity index is 889. The van der Waals surface area contributed by atoms with Crippen LogP contribution in [-0.4, -0.2) is 60.7 Å². The highest BCUT2D eigenvalue weighted by Crippen LogP contribution is 2.25. The van der Waals surface area contributed by atoms with E-state index in [1.165, 1.54) is 18.1 Å². The van der Waals surface area contributed by atoms with Crippen LogP contribution in [0.5, 0.6) is 0 Å². The smallest absolute Gasteiger partial charge is 0.191 e. The minimum atomic E-state index is -0.260. The molecule has 2 aliphatic rings. The number of hydrogen-bond donors (Lipinski definition) is 2. The Hall–Kier alpha value is -2.67. The third kappa shape index (κ3) is 5.76. The van der Waals surface area contributed by atoms with Gasteiger partial charge in [0.1, 0.15) is 0 Å². The van der Waals surface area contributed by atoms with Crippen LogP contribution in [0, 0.1) is 11.7 Å². The van der Waals surface area contributed by atoms with Gasteiger partial charge < -0.3 is 15.5 Å². The zero-order valence-corrected chi connectivity index (χ0v) is 19.2. The number of rotatable bonds is 7. The highest BCUT2D eigenvalue weighted by Gasteiger charge is 2.29. The lowest BCUT2D eigenvalue weighted by molar-refractivity contribution is 0.256. The van der Waals surface area contributed by atoms with Crippen LogP contribution >= 0.6 is 0 Å². The Morgan fingerprint density at radius 2 is 2.03 bits per heavy atom. The second-order valence-corrected chi connectivity index (χ2v) is 8.97. The monoisotopic (exact) mass is 438 g/mol. The van der Waals surface area contributed by atoms with Crippen molar-refractivity contribution in [3.05, 3.63) is 60.0 Å². The molecular weight excluding hydrogens is 403 g/mol. The number of nitrogens with one attached hydrogen (secondary N) is 2. The highest BCUT2D eigenvalue weighted by molar-refractivity contribution is 5.80. The van der Waals surface area contributed by atoms with Crippen molar-refractivity contribution in [1.29, 1.82) is 0 Å². The fourth-order valence-corrected chi connectivity index (χ4v) is 4.80. The van der Waals surface area contributed by atoms with Crippen molar-refractivity contribution in [2.45, 2.75) is 45.3 Å². The second-order valence-electron chi connectivity index (χ2n) is 8.97. The van der Waals surface area contributed by atoms with E-state index in [4.69, 9.17) is 4.99 Å². The molecule has 6 nitrogen and oxygen atoms in total. The summed E-state index contributed by atoms with van der Waals surface area (Å²) in [6.45, 7) is 9.64. The third-order valence-electron chi connectivity index (χ3n) is 6.44. The molecule has 0 amide bonds. The average molecular weight is 439 g/mol. The topological polar surface area (TPSA) is 55.8 Å². The quantitative estimate of drug-likeness (QED) is 0.513. The molecule has 2 aromatic rings. The van der Waals surface area contributed by atoms with Crippen LogP contribution in [0.4, 0.5) is 10.2 Å². The summed E-state index contributed by atoms with van der Waals surface area (Å²) in [6, 6.07) is 14.6. The van der Waals surface area contributed by atoms with Gasteiger partial charge in [0.15, 0.2) is 17.6 Å². The maximum absolute atomic E-state index is 14.1. The number of pyridine rings is 1. The Kier molecular flexibility index (Phi) is 7.58. The van der Waals surface area contributed by atoms with Crippen molar-refractivity contribution in [3.8, 4) is 0 Å². The first-order chi connectivity index (χ1) is 15.6. The number of nitrogens with zero attached hydrogens (tertiary/aromatic N) is 4. The van der Waals surface area contributed by atoms with E-state index < -0.39 is 0 Å². The summed E-state index contributed by atoms with van der Waals surface area (Å²) in [5.41, 5.74) is 1.37. The molecule has 0 saturated carbocycles. The molecule has 2 aliphatic heterocycles. The summed E-state index contributed by atoms with van der Waals surface area (Å²) in [4.78, 5) is 13.7. The molecule has 2 saturated heterocycles. The Balaban J connectivity index is 1.30. The first-order valence-electron chi connectivity index (χ1n) is 11.8. The van der Waals surface area contributed by atoms with Gasteiger partial charge in [-0.3, -0.25) is 9.89 Å². The van der Waals surface area contributed by atoms with Crippen LogP contribution in [0.3, 0.4) is 0 Å². The van der Waals surface area contributed by atoms with Crippen LogP contribution in [0.2, 0.25) is 0 Å². The van der Waals surface area contributed by atoms with Crippen molar-refractivity contribution in [2.75, 3.05) is 37.6 Å². The van der Waals surface area contributed by atoms with Crippen LogP contribution in [0.15, 0.2) is 53.7 Å². The SMILES string of the molecule is CCNC(=NCC1CC(C)N(Cc2ccccc2)C1)NC1CCN(c2ncccc2F)C1. The zero-order chi connectivity index (χ0) is 22.3. The Morgan fingerprint density at radius 3 is 2.81 bits per heavy atom. The summed E-state index contributed by atoms with van der Waals surface area (Å²) < 4.78 is 14.1. The zero-order valence-electron chi connectivity index (χ0n) is 19.2. The molecule has 2 fully saturated rings. The maximum atomic E-state index is 14.1. The van der Waals surface area contributed by atoms with E-state index in [9.17, 15) is 4.39 Å². The summed E-state index contributed by atoms with van der Waals surface area (Å²) in [7, 11) is 0. The molecule has 172 valence electrons. The van der Waals surface area contributed by atoms with Gasteiger partial charge in [0, 0.05) is 57.5 Å². The molecule has 0 spiro atoms. The lowest BCUT2D eigenvalue weighted by Crippen LogP contribution is -2.45. The molecule has 7 heteroatoms. The molecule has 3 heterocycles. The minimum absolute atomic E-state index is 0.228. The van der Waals surface area contributed by atoms with Gasteiger partial charge in [0.05, 0.1) is 0 Å².